The topological polar surface area (TPSA) is 58.6 Å². The van der Waals surface area contributed by atoms with Gasteiger partial charge in [-0.05, 0) is 30.0 Å². The van der Waals surface area contributed by atoms with Crippen LogP contribution in [0.15, 0.2) is 36.9 Å². The molecule has 0 aromatic heterocycles. The van der Waals surface area contributed by atoms with E-state index in [1.54, 1.807) is 6.08 Å². The molecular weight excluding hydrogens is 266 g/mol. The average Bonchev–Trinajstić information content (AvgIpc) is 2.44. The molecule has 1 rings (SSSR count). The summed E-state index contributed by atoms with van der Waals surface area (Å²) in [4.78, 5) is 11.2. The van der Waals surface area contributed by atoms with Crippen LogP contribution < -0.4 is 10.1 Å². The van der Waals surface area contributed by atoms with E-state index in [-0.39, 0.29) is 5.92 Å². The first-order valence-electron chi connectivity index (χ1n) is 7.29. The van der Waals surface area contributed by atoms with Crippen molar-refractivity contribution in [1.29, 1.82) is 0 Å². The van der Waals surface area contributed by atoms with E-state index in [0.717, 1.165) is 11.3 Å². The standard InChI is InChI=1S/C17H25NO3/c1-4-8-21-16-7-5-6-14(10-16)11-18-12-15(17(19)20)9-13(2)3/h4-7,10,13,15,18H,1,8-9,11-12H2,2-3H3,(H,19,20). The summed E-state index contributed by atoms with van der Waals surface area (Å²) in [6.07, 6.45) is 2.39. The number of hydrogen-bond acceptors (Lipinski definition) is 3. The Morgan fingerprint density at radius 1 is 1.48 bits per heavy atom. The third-order valence-corrected chi connectivity index (χ3v) is 3.09. The number of carboxylic acids is 1. The van der Waals surface area contributed by atoms with Gasteiger partial charge < -0.3 is 15.2 Å². The van der Waals surface area contributed by atoms with E-state index in [9.17, 15) is 9.90 Å². The van der Waals surface area contributed by atoms with Crippen molar-refractivity contribution in [2.45, 2.75) is 26.8 Å². The van der Waals surface area contributed by atoms with E-state index in [4.69, 9.17) is 4.74 Å². The van der Waals surface area contributed by atoms with Crippen molar-refractivity contribution in [3.8, 4) is 5.75 Å². The Bertz CT molecular complexity index is 457. The van der Waals surface area contributed by atoms with E-state index in [1.165, 1.54) is 0 Å². The van der Waals surface area contributed by atoms with Crippen molar-refractivity contribution in [3.05, 3.63) is 42.5 Å². The van der Waals surface area contributed by atoms with Crippen LogP contribution in [0.1, 0.15) is 25.8 Å². The zero-order valence-electron chi connectivity index (χ0n) is 12.8. The highest BCUT2D eigenvalue weighted by atomic mass is 16.5. The Morgan fingerprint density at radius 3 is 2.86 bits per heavy atom. The zero-order valence-corrected chi connectivity index (χ0v) is 12.8. The molecule has 1 aromatic carbocycles. The maximum Gasteiger partial charge on any atom is 0.307 e. The fourth-order valence-electron chi connectivity index (χ4n) is 2.13. The second-order valence-electron chi connectivity index (χ2n) is 5.54. The van der Waals surface area contributed by atoms with Gasteiger partial charge >= 0.3 is 5.97 Å². The Balaban J connectivity index is 2.46. The molecular formula is C17H25NO3. The minimum atomic E-state index is -0.737. The van der Waals surface area contributed by atoms with Crippen molar-refractivity contribution in [3.63, 3.8) is 0 Å². The maximum atomic E-state index is 11.2. The van der Waals surface area contributed by atoms with Crippen molar-refractivity contribution >= 4 is 5.97 Å². The lowest BCUT2D eigenvalue weighted by atomic mass is 9.97. The van der Waals surface area contributed by atoms with Gasteiger partial charge in [0, 0.05) is 13.1 Å². The van der Waals surface area contributed by atoms with Crippen LogP contribution in [0, 0.1) is 11.8 Å². The van der Waals surface area contributed by atoms with E-state index >= 15 is 0 Å². The van der Waals surface area contributed by atoms with Gasteiger partial charge in [0.2, 0.25) is 0 Å². The molecule has 0 saturated carbocycles. The molecule has 1 aromatic rings. The van der Waals surface area contributed by atoms with Gasteiger partial charge in [-0.1, -0.05) is 38.6 Å². The van der Waals surface area contributed by atoms with Crippen molar-refractivity contribution < 1.29 is 14.6 Å². The number of nitrogens with one attached hydrogen (secondary N) is 1. The lowest BCUT2D eigenvalue weighted by Gasteiger charge is -2.15. The third kappa shape index (κ3) is 6.95. The lowest BCUT2D eigenvalue weighted by molar-refractivity contribution is -0.142. The van der Waals surface area contributed by atoms with Gasteiger partial charge in [-0.15, -0.1) is 0 Å². The Morgan fingerprint density at radius 2 is 2.24 bits per heavy atom. The summed E-state index contributed by atoms with van der Waals surface area (Å²) in [5.41, 5.74) is 1.07. The molecule has 0 radical (unpaired) electrons. The molecule has 1 atom stereocenters. The fraction of sp³-hybridized carbons (Fsp3) is 0.471. The van der Waals surface area contributed by atoms with Gasteiger partial charge in [-0.3, -0.25) is 4.79 Å². The monoisotopic (exact) mass is 291 g/mol. The van der Waals surface area contributed by atoms with Crippen LogP contribution in [0.25, 0.3) is 0 Å². The highest BCUT2D eigenvalue weighted by Gasteiger charge is 2.18. The summed E-state index contributed by atoms with van der Waals surface area (Å²) in [6, 6.07) is 7.77. The highest BCUT2D eigenvalue weighted by Crippen LogP contribution is 2.14. The van der Waals surface area contributed by atoms with Crippen LogP contribution in [0.5, 0.6) is 5.75 Å². The molecule has 0 amide bonds. The molecule has 4 heteroatoms. The Kier molecular flexibility index (Phi) is 7.54. The van der Waals surface area contributed by atoms with Gasteiger partial charge in [-0.2, -0.15) is 0 Å². The molecule has 1 unspecified atom stereocenters. The van der Waals surface area contributed by atoms with E-state index in [2.05, 4.69) is 11.9 Å². The molecule has 0 aliphatic carbocycles. The summed E-state index contributed by atoms with van der Waals surface area (Å²) < 4.78 is 5.47. The second kappa shape index (κ2) is 9.19. The molecule has 2 N–H and O–H groups in total. The molecule has 0 heterocycles. The fourth-order valence-corrected chi connectivity index (χ4v) is 2.13. The zero-order chi connectivity index (χ0) is 15.7. The molecule has 0 spiro atoms. The molecule has 0 saturated heterocycles. The highest BCUT2D eigenvalue weighted by molar-refractivity contribution is 5.70. The number of benzene rings is 1. The molecule has 0 aliphatic heterocycles. The van der Waals surface area contributed by atoms with E-state index < -0.39 is 5.97 Å². The van der Waals surface area contributed by atoms with Crippen LogP contribution in [0.2, 0.25) is 0 Å². The summed E-state index contributed by atoms with van der Waals surface area (Å²) in [6.45, 7) is 9.28. The predicted octanol–water partition coefficient (Wildman–Crippen LogP) is 3.09. The summed E-state index contributed by atoms with van der Waals surface area (Å²) in [5.74, 6) is 0.0964. The average molecular weight is 291 g/mol. The third-order valence-electron chi connectivity index (χ3n) is 3.09. The normalized spacial score (nSPS) is 12.1. The first kappa shape index (κ1) is 17.2. The van der Waals surface area contributed by atoms with Gasteiger partial charge in [0.05, 0.1) is 5.92 Å². The minimum Gasteiger partial charge on any atom is -0.490 e. The Hall–Kier alpha value is -1.81. The van der Waals surface area contributed by atoms with Crippen molar-refractivity contribution in [2.24, 2.45) is 11.8 Å². The molecule has 0 bridgehead atoms. The summed E-state index contributed by atoms with van der Waals surface area (Å²) >= 11 is 0. The first-order chi connectivity index (χ1) is 10.0. The molecule has 0 aliphatic rings. The number of carboxylic acid groups (broad SMARTS) is 1. The minimum absolute atomic E-state index is 0.342. The number of rotatable bonds is 10. The SMILES string of the molecule is C=CCOc1cccc(CNCC(CC(C)C)C(=O)O)c1. The molecule has 116 valence electrons. The second-order valence-corrected chi connectivity index (χ2v) is 5.54. The quantitative estimate of drug-likeness (QED) is 0.650. The lowest BCUT2D eigenvalue weighted by Crippen LogP contribution is -2.29. The van der Waals surface area contributed by atoms with Crippen molar-refractivity contribution in [1.82, 2.24) is 5.32 Å². The van der Waals surface area contributed by atoms with Gasteiger partial charge in [-0.25, -0.2) is 0 Å². The van der Waals surface area contributed by atoms with Crippen LogP contribution >= 0.6 is 0 Å². The number of ether oxygens (including phenoxy) is 1. The molecule has 21 heavy (non-hydrogen) atoms. The predicted molar refractivity (Wildman–Crippen MR) is 84.4 cm³/mol. The van der Waals surface area contributed by atoms with Crippen LogP contribution in [0.4, 0.5) is 0 Å². The van der Waals surface area contributed by atoms with Gasteiger partial charge in [0.15, 0.2) is 0 Å². The summed E-state index contributed by atoms with van der Waals surface area (Å²) in [7, 11) is 0. The maximum absolute atomic E-state index is 11.2. The number of aliphatic carboxylic acids is 1. The van der Waals surface area contributed by atoms with Crippen LogP contribution in [-0.4, -0.2) is 24.2 Å². The first-order valence-corrected chi connectivity index (χ1v) is 7.29. The van der Waals surface area contributed by atoms with Crippen LogP contribution in [0.3, 0.4) is 0 Å². The Labute approximate surface area is 126 Å². The smallest absolute Gasteiger partial charge is 0.307 e. The van der Waals surface area contributed by atoms with Gasteiger partial charge in [0.25, 0.3) is 0 Å². The molecule has 0 fully saturated rings. The van der Waals surface area contributed by atoms with Crippen LogP contribution in [-0.2, 0) is 11.3 Å². The largest absolute Gasteiger partial charge is 0.490 e. The number of hydrogen-bond donors (Lipinski definition) is 2. The van der Waals surface area contributed by atoms with Crippen molar-refractivity contribution in [2.75, 3.05) is 13.2 Å². The summed E-state index contributed by atoms with van der Waals surface area (Å²) in [5, 5.41) is 12.4. The van der Waals surface area contributed by atoms with Gasteiger partial charge in [0.1, 0.15) is 12.4 Å². The number of carbonyl (C=O) groups is 1. The molecule has 4 nitrogen and oxygen atoms in total. The van der Waals surface area contributed by atoms with E-state index in [0.29, 0.717) is 32.0 Å². The van der Waals surface area contributed by atoms with E-state index in [1.807, 2.05) is 38.1 Å².